The van der Waals surface area contributed by atoms with E-state index in [-0.39, 0.29) is 12.5 Å². The molecule has 1 N–H and O–H groups in total. The zero-order chi connectivity index (χ0) is 17.0. The summed E-state index contributed by atoms with van der Waals surface area (Å²) in [6.45, 7) is 2.16. The van der Waals surface area contributed by atoms with E-state index in [0.29, 0.717) is 4.21 Å². The molecule has 24 heavy (non-hydrogen) atoms. The molecule has 1 aromatic carbocycles. The quantitative estimate of drug-likeness (QED) is 0.733. The third-order valence-corrected chi connectivity index (χ3v) is 6.62. The summed E-state index contributed by atoms with van der Waals surface area (Å²) in [6.07, 6.45) is 1.72. The summed E-state index contributed by atoms with van der Waals surface area (Å²) in [6, 6.07) is 18.9. The number of aryl methyl sites for hydroxylation is 1. The number of nitrogens with one attached hydrogen (secondary N) is 1. The number of aromatic nitrogens is 1. The average Bonchev–Trinajstić information content (AvgIpc) is 3.04. The lowest BCUT2D eigenvalue weighted by Gasteiger charge is -2.17. The topological polar surface area (TPSA) is 59.1 Å². The van der Waals surface area contributed by atoms with Crippen LogP contribution in [-0.2, 0) is 10.0 Å². The lowest BCUT2D eigenvalue weighted by atomic mass is 9.95. The van der Waals surface area contributed by atoms with Gasteiger partial charge in [0.05, 0.1) is 0 Å². The number of pyridine rings is 1. The highest BCUT2D eigenvalue weighted by Gasteiger charge is 2.21. The molecule has 3 rings (SSSR count). The van der Waals surface area contributed by atoms with Crippen LogP contribution in [0.25, 0.3) is 0 Å². The van der Waals surface area contributed by atoms with Gasteiger partial charge in [-0.1, -0.05) is 36.4 Å². The van der Waals surface area contributed by atoms with E-state index in [1.54, 1.807) is 12.3 Å². The molecular weight excluding hydrogens is 340 g/mol. The van der Waals surface area contributed by atoms with E-state index in [9.17, 15) is 8.42 Å². The van der Waals surface area contributed by atoms with Gasteiger partial charge in [-0.2, -0.15) is 0 Å². The molecule has 0 amide bonds. The van der Waals surface area contributed by atoms with Crippen LogP contribution in [0.3, 0.4) is 0 Å². The van der Waals surface area contributed by atoms with Crippen LogP contribution in [0.2, 0.25) is 0 Å². The molecule has 0 fully saturated rings. The first-order valence-corrected chi connectivity index (χ1v) is 9.88. The van der Waals surface area contributed by atoms with E-state index < -0.39 is 10.0 Å². The van der Waals surface area contributed by atoms with Gasteiger partial charge in [0.2, 0.25) is 10.0 Å². The zero-order valence-corrected chi connectivity index (χ0v) is 14.8. The minimum atomic E-state index is -3.51. The number of nitrogens with zero attached hydrogens (tertiary/aromatic N) is 1. The Morgan fingerprint density at radius 3 is 2.42 bits per heavy atom. The fraction of sp³-hybridized carbons (Fsp3) is 0.167. The summed E-state index contributed by atoms with van der Waals surface area (Å²) in [5.74, 6) is -0.136. The average molecular weight is 358 g/mol. The van der Waals surface area contributed by atoms with Crippen molar-refractivity contribution in [3.63, 3.8) is 0 Å². The maximum absolute atomic E-state index is 12.5. The maximum atomic E-state index is 12.5. The maximum Gasteiger partial charge on any atom is 0.250 e. The van der Waals surface area contributed by atoms with Crippen molar-refractivity contribution in [2.45, 2.75) is 17.1 Å². The highest BCUT2D eigenvalue weighted by molar-refractivity contribution is 7.91. The molecule has 1 atom stereocenters. The first kappa shape index (κ1) is 16.8. The van der Waals surface area contributed by atoms with Gasteiger partial charge in [0.15, 0.2) is 0 Å². The highest BCUT2D eigenvalue weighted by Crippen LogP contribution is 2.24. The van der Waals surface area contributed by atoms with Crippen molar-refractivity contribution in [2.75, 3.05) is 6.54 Å². The number of benzene rings is 1. The SMILES string of the molecule is Cc1ccc(S(=O)(=O)NCC(c2ccccc2)c2ccccn2)s1. The minimum Gasteiger partial charge on any atom is -0.261 e. The van der Waals surface area contributed by atoms with Gasteiger partial charge < -0.3 is 0 Å². The van der Waals surface area contributed by atoms with Crippen LogP contribution in [0.5, 0.6) is 0 Å². The van der Waals surface area contributed by atoms with E-state index >= 15 is 0 Å². The largest absolute Gasteiger partial charge is 0.261 e. The Morgan fingerprint density at radius 2 is 1.79 bits per heavy atom. The van der Waals surface area contributed by atoms with Crippen LogP contribution in [0.15, 0.2) is 71.1 Å². The zero-order valence-electron chi connectivity index (χ0n) is 13.2. The first-order valence-electron chi connectivity index (χ1n) is 7.58. The summed E-state index contributed by atoms with van der Waals surface area (Å²) in [4.78, 5) is 5.37. The third kappa shape index (κ3) is 3.90. The van der Waals surface area contributed by atoms with Crippen LogP contribution >= 0.6 is 11.3 Å². The Hall–Kier alpha value is -2.02. The Kier molecular flexibility index (Phi) is 5.08. The summed E-state index contributed by atoms with van der Waals surface area (Å²) < 4.78 is 28.1. The monoisotopic (exact) mass is 358 g/mol. The number of rotatable bonds is 6. The standard InChI is InChI=1S/C18H18N2O2S2/c1-14-10-11-18(23-14)24(21,22)20-13-16(15-7-3-2-4-8-15)17-9-5-6-12-19-17/h2-12,16,20H,13H2,1H3. The third-order valence-electron chi connectivity index (χ3n) is 3.70. The predicted octanol–water partition coefficient (Wildman–Crippen LogP) is 3.56. The van der Waals surface area contributed by atoms with E-state index in [4.69, 9.17) is 0 Å². The molecular formula is C18H18N2O2S2. The van der Waals surface area contributed by atoms with Gasteiger partial charge in [0, 0.05) is 29.2 Å². The van der Waals surface area contributed by atoms with Gasteiger partial charge in [-0.25, -0.2) is 13.1 Å². The number of sulfonamides is 1. The molecule has 4 nitrogen and oxygen atoms in total. The Bertz CT molecular complexity index is 852. The molecule has 3 aromatic rings. The lowest BCUT2D eigenvalue weighted by Crippen LogP contribution is -2.28. The number of hydrogen-bond acceptors (Lipinski definition) is 4. The van der Waals surface area contributed by atoms with Crippen LogP contribution in [0.4, 0.5) is 0 Å². The van der Waals surface area contributed by atoms with E-state index in [2.05, 4.69) is 9.71 Å². The normalized spacial score (nSPS) is 12.9. The minimum absolute atomic E-state index is 0.136. The van der Waals surface area contributed by atoms with Crippen molar-refractivity contribution >= 4 is 21.4 Å². The second kappa shape index (κ2) is 7.25. The van der Waals surface area contributed by atoms with Crippen molar-refractivity contribution in [1.82, 2.24) is 9.71 Å². The molecule has 124 valence electrons. The Morgan fingerprint density at radius 1 is 1.04 bits per heavy atom. The van der Waals surface area contributed by atoms with Gasteiger partial charge in [0.25, 0.3) is 0 Å². The molecule has 0 bridgehead atoms. The van der Waals surface area contributed by atoms with Gasteiger partial charge in [0.1, 0.15) is 4.21 Å². The molecule has 0 saturated carbocycles. The number of hydrogen-bond donors (Lipinski definition) is 1. The Labute approximate surface area is 146 Å². The van der Waals surface area contributed by atoms with Crippen molar-refractivity contribution < 1.29 is 8.42 Å². The predicted molar refractivity (Wildman–Crippen MR) is 96.8 cm³/mol. The van der Waals surface area contributed by atoms with E-state index in [1.165, 1.54) is 11.3 Å². The molecule has 0 saturated heterocycles. The van der Waals surface area contributed by atoms with Gasteiger partial charge in [-0.15, -0.1) is 11.3 Å². The lowest BCUT2D eigenvalue weighted by molar-refractivity contribution is 0.578. The van der Waals surface area contributed by atoms with E-state index in [1.807, 2.05) is 61.5 Å². The Balaban J connectivity index is 1.85. The van der Waals surface area contributed by atoms with Crippen LogP contribution in [0, 0.1) is 6.92 Å². The van der Waals surface area contributed by atoms with Crippen LogP contribution in [-0.4, -0.2) is 19.9 Å². The van der Waals surface area contributed by atoms with Gasteiger partial charge in [-0.05, 0) is 36.8 Å². The van der Waals surface area contributed by atoms with Crippen molar-refractivity contribution in [2.24, 2.45) is 0 Å². The molecule has 0 aliphatic carbocycles. The molecule has 0 spiro atoms. The molecule has 1 unspecified atom stereocenters. The fourth-order valence-electron chi connectivity index (χ4n) is 2.48. The van der Waals surface area contributed by atoms with Crippen LogP contribution < -0.4 is 4.72 Å². The number of thiophene rings is 1. The van der Waals surface area contributed by atoms with Crippen LogP contribution in [0.1, 0.15) is 22.1 Å². The molecule has 2 aromatic heterocycles. The summed E-state index contributed by atoms with van der Waals surface area (Å²) >= 11 is 1.27. The second-order valence-electron chi connectivity index (χ2n) is 5.43. The second-order valence-corrected chi connectivity index (χ2v) is 8.72. The molecule has 0 radical (unpaired) electrons. The molecule has 0 aliphatic rings. The fourth-order valence-corrected chi connectivity index (χ4v) is 4.86. The van der Waals surface area contributed by atoms with E-state index in [0.717, 1.165) is 16.1 Å². The van der Waals surface area contributed by atoms with Crippen molar-refractivity contribution in [3.8, 4) is 0 Å². The smallest absolute Gasteiger partial charge is 0.250 e. The molecule has 2 heterocycles. The van der Waals surface area contributed by atoms with Gasteiger partial charge in [-0.3, -0.25) is 4.98 Å². The molecule has 0 aliphatic heterocycles. The summed E-state index contributed by atoms with van der Waals surface area (Å²) in [5, 5.41) is 0. The summed E-state index contributed by atoms with van der Waals surface area (Å²) in [7, 11) is -3.51. The van der Waals surface area contributed by atoms with Crippen molar-refractivity contribution in [1.29, 1.82) is 0 Å². The first-order chi connectivity index (χ1) is 11.6. The van der Waals surface area contributed by atoms with Crippen molar-refractivity contribution in [3.05, 3.63) is 83.0 Å². The highest BCUT2D eigenvalue weighted by atomic mass is 32.2. The summed E-state index contributed by atoms with van der Waals surface area (Å²) in [5.41, 5.74) is 1.87. The van der Waals surface area contributed by atoms with Gasteiger partial charge >= 0.3 is 0 Å². The molecule has 6 heteroatoms.